The third-order valence-corrected chi connectivity index (χ3v) is 8.78. The molecule has 4 aliphatic rings. The van der Waals surface area contributed by atoms with E-state index in [0.29, 0.717) is 19.3 Å². The quantitative estimate of drug-likeness (QED) is 0.110. The molecule has 1 unspecified atom stereocenters. The highest BCUT2D eigenvalue weighted by Gasteiger charge is 2.53. The molecule has 0 spiro atoms. The molecule has 17 nitrogen and oxygen atoms in total. The molecule has 0 amide bonds. The van der Waals surface area contributed by atoms with Gasteiger partial charge in [-0.25, -0.2) is 0 Å². The fraction of sp³-hybridized carbons (Fsp3) is 1.00. The van der Waals surface area contributed by atoms with Crippen molar-refractivity contribution in [1.29, 1.82) is 0 Å². The number of ether oxygens (including phenoxy) is 6. The van der Waals surface area contributed by atoms with Crippen molar-refractivity contribution in [2.75, 3.05) is 13.2 Å². The monoisotopic (exact) mass is 610 g/mol. The van der Waals surface area contributed by atoms with E-state index in [9.17, 15) is 25.5 Å². The van der Waals surface area contributed by atoms with Crippen LogP contribution in [-0.2, 0) is 28.4 Å². The first-order chi connectivity index (χ1) is 19.9. The first-order valence-electron chi connectivity index (χ1n) is 14.7. The lowest BCUT2D eigenvalue weighted by molar-refractivity contribution is -0.290. The first kappa shape index (κ1) is 34.2. The molecule has 0 aromatic heterocycles. The van der Waals surface area contributed by atoms with Crippen LogP contribution in [0.1, 0.15) is 32.6 Å². The first-order valence-corrected chi connectivity index (χ1v) is 14.7. The lowest BCUT2D eigenvalue weighted by atomic mass is 9.84. The summed E-state index contributed by atoms with van der Waals surface area (Å²) in [5, 5.41) is 52.7. The molecular weight excluding hydrogens is 560 g/mol. The SMILES string of the molecule is CC[C@H](N)[C@@H]1CC[C@@H](N)[C@@H](O[C@H]2[C@H](O[C@@H]3O[C@H](CO)[C@@H](OC4O[C@@H](CN)[C@@H](O)[C@H](O)[C@H]4N)[C@H]3O)[C@@H](O)[C@H](N)C[C@@H]2N)O1. The fourth-order valence-electron chi connectivity index (χ4n) is 6.02. The Morgan fingerprint density at radius 2 is 1.36 bits per heavy atom. The van der Waals surface area contributed by atoms with Crippen molar-refractivity contribution >= 4 is 0 Å². The van der Waals surface area contributed by atoms with E-state index >= 15 is 0 Å². The lowest BCUT2D eigenvalue weighted by Gasteiger charge is -2.46. The molecule has 0 aromatic carbocycles. The van der Waals surface area contributed by atoms with Gasteiger partial charge in [0.15, 0.2) is 18.9 Å². The average molecular weight is 611 g/mol. The van der Waals surface area contributed by atoms with Crippen molar-refractivity contribution in [2.24, 2.45) is 34.4 Å². The summed E-state index contributed by atoms with van der Waals surface area (Å²) < 4.78 is 35.6. The van der Waals surface area contributed by atoms with Gasteiger partial charge in [-0.05, 0) is 25.7 Å². The average Bonchev–Trinajstić information content (AvgIpc) is 3.27. The van der Waals surface area contributed by atoms with Crippen LogP contribution in [-0.4, -0.2) is 149 Å². The largest absolute Gasteiger partial charge is 0.394 e. The van der Waals surface area contributed by atoms with Crippen molar-refractivity contribution in [3.8, 4) is 0 Å². The molecule has 1 aliphatic carbocycles. The van der Waals surface area contributed by atoms with Crippen molar-refractivity contribution in [3.05, 3.63) is 0 Å². The molecule has 3 aliphatic heterocycles. The maximum absolute atomic E-state index is 11.2. The van der Waals surface area contributed by atoms with Crippen LogP contribution >= 0.6 is 0 Å². The van der Waals surface area contributed by atoms with Crippen molar-refractivity contribution in [3.63, 3.8) is 0 Å². The molecule has 0 bridgehead atoms. The van der Waals surface area contributed by atoms with Crippen molar-refractivity contribution < 1.29 is 54.0 Å². The minimum absolute atomic E-state index is 0.134. The number of nitrogens with two attached hydrogens (primary N) is 6. The van der Waals surface area contributed by atoms with E-state index in [1.54, 1.807) is 0 Å². The summed E-state index contributed by atoms with van der Waals surface area (Å²) in [5.41, 5.74) is 36.7. The van der Waals surface area contributed by atoms with Crippen molar-refractivity contribution in [2.45, 2.75) is 143 Å². The number of rotatable bonds is 10. The van der Waals surface area contributed by atoms with Gasteiger partial charge in [-0.3, -0.25) is 0 Å². The summed E-state index contributed by atoms with van der Waals surface area (Å²) in [7, 11) is 0. The Kier molecular flexibility index (Phi) is 11.9. The van der Waals surface area contributed by atoms with Gasteiger partial charge in [0.1, 0.15) is 48.8 Å². The highest BCUT2D eigenvalue weighted by atomic mass is 16.8. The summed E-state index contributed by atoms with van der Waals surface area (Å²) in [6.07, 6.45) is -12.8. The third kappa shape index (κ3) is 7.08. The number of hydrogen-bond donors (Lipinski definition) is 11. The van der Waals surface area contributed by atoms with Gasteiger partial charge in [0.25, 0.3) is 0 Å². The van der Waals surface area contributed by atoms with Crippen LogP contribution in [0.25, 0.3) is 0 Å². The molecule has 3 heterocycles. The second-order valence-corrected chi connectivity index (χ2v) is 11.8. The van der Waals surface area contributed by atoms with Gasteiger partial charge in [0, 0.05) is 24.7 Å². The van der Waals surface area contributed by atoms with Gasteiger partial charge in [-0.15, -0.1) is 0 Å². The van der Waals surface area contributed by atoms with E-state index in [1.807, 2.05) is 6.92 Å². The molecule has 1 saturated carbocycles. The molecule has 4 fully saturated rings. The third-order valence-electron chi connectivity index (χ3n) is 8.78. The Balaban J connectivity index is 1.48. The predicted octanol–water partition coefficient (Wildman–Crippen LogP) is -6.06. The van der Waals surface area contributed by atoms with Gasteiger partial charge in [-0.2, -0.15) is 0 Å². The minimum atomic E-state index is -1.53. The Morgan fingerprint density at radius 3 is 2.00 bits per heavy atom. The van der Waals surface area contributed by atoms with E-state index in [4.69, 9.17) is 62.8 Å². The number of aliphatic hydroxyl groups excluding tert-OH is 5. The van der Waals surface area contributed by atoms with Crippen LogP contribution in [0.5, 0.6) is 0 Å². The van der Waals surface area contributed by atoms with Gasteiger partial charge < -0.3 is 88.4 Å². The van der Waals surface area contributed by atoms with Crippen LogP contribution in [0, 0.1) is 0 Å². The molecule has 18 atom stereocenters. The second kappa shape index (κ2) is 14.6. The molecule has 246 valence electrons. The highest BCUT2D eigenvalue weighted by molar-refractivity contribution is 5.01. The molecule has 17 N–H and O–H groups in total. The smallest absolute Gasteiger partial charge is 0.187 e. The maximum atomic E-state index is 11.2. The Labute approximate surface area is 244 Å². The minimum Gasteiger partial charge on any atom is -0.394 e. The van der Waals surface area contributed by atoms with Crippen LogP contribution < -0.4 is 34.4 Å². The Hall–Kier alpha value is -0.680. The van der Waals surface area contributed by atoms with Gasteiger partial charge in [-0.1, -0.05) is 6.92 Å². The summed E-state index contributed by atoms with van der Waals surface area (Å²) in [4.78, 5) is 0. The molecule has 3 saturated heterocycles. The molecule has 0 radical (unpaired) electrons. The molecular formula is C25H50N6O11. The van der Waals surface area contributed by atoms with Crippen LogP contribution in [0.4, 0.5) is 0 Å². The Bertz CT molecular complexity index is 853. The summed E-state index contributed by atoms with van der Waals surface area (Å²) in [6.45, 7) is 1.23. The van der Waals surface area contributed by atoms with Crippen molar-refractivity contribution in [1.82, 2.24) is 0 Å². The standard InChI is InChI=1S/C25H50N6O11/c1-2-8(27)12-4-3-9(28)23(37-12)40-20-11(30)5-10(29)16(33)22(20)42-25-19(36)21(14(7-32)39-25)41-24-15(31)18(35)17(34)13(6-26)38-24/h8-25,32-36H,2-7,26-31H2,1H3/t8-,9+,10+,11-,12-,13-,14+,15+,16-,17+,18+,19+,20+,21+,22+,23+,24?,25-/m0/s1. The van der Waals surface area contributed by atoms with E-state index < -0.39 is 105 Å². The van der Waals surface area contributed by atoms with Gasteiger partial charge >= 0.3 is 0 Å². The lowest BCUT2D eigenvalue weighted by Crippen LogP contribution is -2.65. The predicted molar refractivity (Wildman–Crippen MR) is 145 cm³/mol. The molecule has 42 heavy (non-hydrogen) atoms. The van der Waals surface area contributed by atoms with E-state index in [2.05, 4.69) is 0 Å². The normalized spacial score (nSPS) is 51.0. The summed E-state index contributed by atoms with van der Waals surface area (Å²) >= 11 is 0. The number of aliphatic hydroxyl groups is 5. The van der Waals surface area contributed by atoms with E-state index in [0.717, 1.165) is 0 Å². The maximum Gasteiger partial charge on any atom is 0.187 e. The summed E-state index contributed by atoms with van der Waals surface area (Å²) in [5.74, 6) is 0. The second-order valence-electron chi connectivity index (χ2n) is 11.8. The van der Waals surface area contributed by atoms with Gasteiger partial charge in [0.05, 0.1) is 30.9 Å². The van der Waals surface area contributed by atoms with Crippen LogP contribution in [0.15, 0.2) is 0 Å². The summed E-state index contributed by atoms with van der Waals surface area (Å²) in [6, 6.07) is -3.37. The zero-order chi connectivity index (χ0) is 30.9. The Morgan fingerprint density at radius 1 is 0.714 bits per heavy atom. The van der Waals surface area contributed by atoms with Crippen LogP contribution in [0.2, 0.25) is 0 Å². The topological polar surface area (TPSA) is 313 Å². The number of hydrogen-bond acceptors (Lipinski definition) is 17. The van der Waals surface area contributed by atoms with E-state index in [-0.39, 0.29) is 25.1 Å². The highest BCUT2D eigenvalue weighted by Crippen LogP contribution is 2.34. The molecule has 4 rings (SSSR count). The van der Waals surface area contributed by atoms with E-state index in [1.165, 1.54) is 0 Å². The zero-order valence-corrected chi connectivity index (χ0v) is 23.8. The molecule has 17 heteroatoms. The van der Waals surface area contributed by atoms with Gasteiger partial charge in [0.2, 0.25) is 0 Å². The van der Waals surface area contributed by atoms with Crippen LogP contribution in [0.3, 0.4) is 0 Å². The zero-order valence-electron chi connectivity index (χ0n) is 23.8. The molecule has 0 aromatic rings. The fourth-order valence-corrected chi connectivity index (χ4v) is 6.02.